The predicted molar refractivity (Wildman–Crippen MR) is 124 cm³/mol. The maximum atomic E-state index is 10.2. The number of hydrogen-bond donors (Lipinski definition) is 1. The summed E-state index contributed by atoms with van der Waals surface area (Å²) in [5.74, 6) is 3.31. The molecule has 1 heteroatoms. The number of aliphatic hydroxyl groups is 1. The van der Waals surface area contributed by atoms with E-state index in [2.05, 4.69) is 53.7 Å². The van der Waals surface area contributed by atoms with E-state index in [4.69, 9.17) is 0 Å². The number of aliphatic hydroxyl groups excluding tert-OH is 1. The van der Waals surface area contributed by atoms with Gasteiger partial charge in [-0.1, -0.05) is 77.7 Å². The zero-order valence-corrected chi connectivity index (χ0v) is 20.1. The van der Waals surface area contributed by atoms with Gasteiger partial charge in [-0.3, -0.25) is 0 Å². The van der Waals surface area contributed by atoms with Gasteiger partial charge in [0.25, 0.3) is 0 Å². The minimum absolute atomic E-state index is 0.108. The van der Waals surface area contributed by atoms with Crippen LogP contribution in [0.2, 0.25) is 0 Å². The highest BCUT2D eigenvalue weighted by Crippen LogP contribution is 2.66. The van der Waals surface area contributed by atoms with Gasteiger partial charge in [0.1, 0.15) is 0 Å². The van der Waals surface area contributed by atoms with Crippen LogP contribution in [0.1, 0.15) is 106 Å². The van der Waals surface area contributed by atoms with E-state index in [1.807, 2.05) is 0 Å². The summed E-state index contributed by atoms with van der Waals surface area (Å²) in [6.07, 6.45) is 17.7. The third-order valence-electron chi connectivity index (χ3n) is 9.89. The number of rotatable bonds is 4. The molecule has 4 rings (SSSR count). The highest BCUT2D eigenvalue weighted by Gasteiger charge is 2.56. The van der Waals surface area contributed by atoms with E-state index in [0.717, 1.165) is 36.5 Å². The first-order valence-corrected chi connectivity index (χ1v) is 12.6. The largest absolute Gasteiger partial charge is 0.393 e. The highest BCUT2D eigenvalue weighted by molar-refractivity contribution is 5.38. The van der Waals surface area contributed by atoms with Gasteiger partial charge in [-0.25, -0.2) is 0 Å². The minimum Gasteiger partial charge on any atom is -0.393 e. The number of fused-ring (bicyclic) bond motifs is 5. The van der Waals surface area contributed by atoms with E-state index >= 15 is 0 Å². The molecule has 0 saturated heterocycles. The van der Waals surface area contributed by atoms with Crippen molar-refractivity contribution in [1.82, 2.24) is 0 Å². The highest BCUT2D eigenvalue weighted by atomic mass is 16.3. The van der Waals surface area contributed by atoms with Crippen molar-refractivity contribution in [3.05, 3.63) is 23.3 Å². The topological polar surface area (TPSA) is 20.2 Å². The van der Waals surface area contributed by atoms with Gasteiger partial charge in [-0.2, -0.15) is 0 Å². The third-order valence-corrected chi connectivity index (χ3v) is 9.89. The molecule has 0 aromatic carbocycles. The van der Waals surface area contributed by atoms with Crippen molar-refractivity contribution >= 4 is 0 Å². The summed E-state index contributed by atoms with van der Waals surface area (Å²) in [5.41, 5.74) is 4.64. The standard InChI is InChI=1S/C28H46O/c1-19(8-7-15-26(2,3)4)23-11-12-24-22-10-9-20-18-21(29)13-16-27(20,5)25(22)14-17-28(23,24)6/h9-10,19,21,23-25,29H,7-8,11-18H2,1-6H3/t19-,21+,23-,24+,25+,27+,28-/m1/s1. The fourth-order valence-electron chi connectivity index (χ4n) is 8.11. The van der Waals surface area contributed by atoms with Crippen LogP contribution < -0.4 is 0 Å². The van der Waals surface area contributed by atoms with Gasteiger partial charge in [0, 0.05) is 0 Å². The second kappa shape index (κ2) is 7.54. The molecule has 0 spiro atoms. The summed E-state index contributed by atoms with van der Waals surface area (Å²) >= 11 is 0. The molecular formula is C28H46O. The summed E-state index contributed by atoms with van der Waals surface area (Å²) in [4.78, 5) is 0. The zero-order valence-electron chi connectivity index (χ0n) is 20.1. The van der Waals surface area contributed by atoms with Crippen LogP contribution in [0.3, 0.4) is 0 Å². The van der Waals surface area contributed by atoms with E-state index < -0.39 is 0 Å². The molecular weight excluding hydrogens is 352 g/mol. The van der Waals surface area contributed by atoms with Crippen LogP contribution in [0.15, 0.2) is 23.3 Å². The van der Waals surface area contributed by atoms with Gasteiger partial charge < -0.3 is 5.11 Å². The molecule has 0 aliphatic heterocycles. The Morgan fingerprint density at radius 2 is 1.79 bits per heavy atom. The number of allylic oxidation sites excluding steroid dienone is 3. The average molecular weight is 399 g/mol. The Morgan fingerprint density at radius 1 is 1.03 bits per heavy atom. The first-order valence-electron chi connectivity index (χ1n) is 12.6. The van der Waals surface area contributed by atoms with Crippen LogP contribution in [0.25, 0.3) is 0 Å². The molecule has 164 valence electrons. The molecule has 0 aromatic heterocycles. The SMILES string of the molecule is C[C@H](CCCC(C)(C)C)[C@H]1CC[C@H]2C3=CC=C4C[C@@H](O)CC[C@]4(C)[C@H]3CC[C@]12C. The molecule has 4 aliphatic rings. The van der Waals surface area contributed by atoms with Gasteiger partial charge in [-0.15, -0.1) is 0 Å². The molecule has 1 nitrogen and oxygen atoms in total. The van der Waals surface area contributed by atoms with Crippen molar-refractivity contribution in [2.45, 2.75) is 112 Å². The molecule has 29 heavy (non-hydrogen) atoms. The Hall–Kier alpha value is -0.560. The van der Waals surface area contributed by atoms with E-state index in [-0.39, 0.29) is 6.10 Å². The third kappa shape index (κ3) is 3.79. The maximum Gasteiger partial charge on any atom is 0.0578 e. The van der Waals surface area contributed by atoms with Crippen LogP contribution >= 0.6 is 0 Å². The van der Waals surface area contributed by atoms with E-state index in [1.165, 1.54) is 51.4 Å². The lowest BCUT2D eigenvalue weighted by molar-refractivity contribution is 0.0321. The van der Waals surface area contributed by atoms with Crippen LogP contribution in [0, 0.1) is 39.9 Å². The lowest BCUT2D eigenvalue weighted by Crippen LogP contribution is -2.46. The summed E-state index contributed by atoms with van der Waals surface area (Å²) in [6.45, 7) is 14.9. The lowest BCUT2D eigenvalue weighted by atomic mass is 9.50. The molecule has 0 aromatic rings. The molecule has 4 aliphatic carbocycles. The fourth-order valence-corrected chi connectivity index (χ4v) is 8.11. The van der Waals surface area contributed by atoms with Crippen LogP contribution in [0.4, 0.5) is 0 Å². The van der Waals surface area contributed by atoms with Crippen LogP contribution in [0.5, 0.6) is 0 Å². The second-order valence-corrected chi connectivity index (χ2v) is 12.9. The van der Waals surface area contributed by atoms with Gasteiger partial charge in [0.05, 0.1) is 6.10 Å². The Morgan fingerprint density at radius 3 is 2.52 bits per heavy atom. The van der Waals surface area contributed by atoms with Crippen molar-refractivity contribution in [1.29, 1.82) is 0 Å². The molecule has 3 saturated carbocycles. The van der Waals surface area contributed by atoms with E-state index in [0.29, 0.717) is 16.2 Å². The van der Waals surface area contributed by atoms with Gasteiger partial charge in [0.15, 0.2) is 0 Å². The molecule has 1 N–H and O–H groups in total. The molecule has 0 heterocycles. The molecule has 0 bridgehead atoms. The Kier molecular flexibility index (Phi) is 5.63. The lowest BCUT2D eigenvalue weighted by Gasteiger charge is -2.55. The van der Waals surface area contributed by atoms with E-state index in [1.54, 1.807) is 11.1 Å². The molecule has 7 atom stereocenters. The van der Waals surface area contributed by atoms with Crippen molar-refractivity contribution < 1.29 is 5.11 Å². The van der Waals surface area contributed by atoms with Crippen molar-refractivity contribution in [3.63, 3.8) is 0 Å². The summed E-state index contributed by atoms with van der Waals surface area (Å²) < 4.78 is 0. The molecule has 0 amide bonds. The first-order chi connectivity index (χ1) is 13.5. The second-order valence-electron chi connectivity index (χ2n) is 12.9. The Labute approximate surface area is 180 Å². The predicted octanol–water partition coefficient (Wildman–Crippen LogP) is 7.70. The first kappa shape index (κ1) is 21.7. The summed E-state index contributed by atoms with van der Waals surface area (Å²) in [5, 5.41) is 10.2. The van der Waals surface area contributed by atoms with Crippen molar-refractivity contribution in [3.8, 4) is 0 Å². The normalized spacial score (nSPS) is 43.0. The van der Waals surface area contributed by atoms with Gasteiger partial charge >= 0.3 is 0 Å². The quantitative estimate of drug-likeness (QED) is 0.514. The molecule has 0 unspecified atom stereocenters. The smallest absolute Gasteiger partial charge is 0.0578 e. The Bertz CT molecular complexity index is 679. The van der Waals surface area contributed by atoms with Crippen LogP contribution in [-0.4, -0.2) is 11.2 Å². The van der Waals surface area contributed by atoms with Crippen molar-refractivity contribution in [2.75, 3.05) is 0 Å². The summed E-state index contributed by atoms with van der Waals surface area (Å²) in [7, 11) is 0. The van der Waals surface area contributed by atoms with Crippen molar-refractivity contribution in [2.24, 2.45) is 39.9 Å². The maximum absolute atomic E-state index is 10.2. The number of hydrogen-bond acceptors (Lipinski definition) is 1. The fraction of sp³-hybridized carbons (Fsp3) is 0.857. The molecule has 3 fully saturated rings. The average Bonchev–Trinajstić information content (AvgIpc) is 2.98. The summed E-state index contributed by atoms with van der Waals surface area (Å²) in [6, 6.07) is 0. The monoisotopic (exact) mass is 398 g/mol. The Balaban J connectivity index is 1.51. The van der Waals surface area contributed by atoms with Crippen LogP contribution in [-0.2, 0) is 0 Å². The molecule has 0 radical (unpaired) electrons. The van der Waals surface area contributed by atoms with E-state index in [9.17, 15) is 5.11 Å². The zero-order chi connectivity index (χ0) is 21.0. The van der Waals surface area contributed by atoms with Gasteiger partial charge in [-0.05, 0) is 91.3 Å². The van der Waals surface area contributed by atoms with Gasteiger partial charge in [0.2, 0.25) is 0 Å². The minimum atomic E-state index is -0.108.